The average Bonchev–Trinajstić information content (AvgIpc) is 3.26. The van der Waals surface area contributed by atoms with Gasteiger partial charge in [-0.05, 0) is 42.5 Å². The van der Waals surface area contributed by atoms with Crippen molar-refractivity contribution < 1.29 is 24.2 Å². The zero-order chi connectivity index (χ0) is 22.7. The molecule has 4 aromatic rings. The number of ether oxygens (including phenoxy) is 2. The summed E-state index contributed by atoms with van der Waals surface area (Å²) in [5.41, 5.74) is 3.97. The van der Waals surface area contributed by atoms with Crippen molar-refractivity contribution in [2.75, 3.05) is 14.2 Å². The van der Waals surface area contributed by atoms with Crippen molar-refractivity contribution in [1.29, 1.82) is 0 Å². The van der Waals surface area contributed by atoms with Gasteiger partial charge in [-0.15, -0.1) is 0 Å². The van der Waals surface area contributed by atoms with Gasteiger partial charge in [0.25, 0.3) is 0 Å². The lowest BCUT2D eigenvalue weighted by Gasteiger charge is -2.12. The molecule has 6 nitrogen and oxygen atoms in total. The van der Waals surface area contributed by atoms with E-state index in [0.717, 1.165) is 22.2 Å². The van der Waals surface area contributed by atoms with Crippen LogP contribution < -0.4 is 9.47 Å². The lowest BCUT2D eigenvalue weighted by molar-refractivity contribution is 0.0696. The Bertz CT molecular complexity index is 1300. The molecular weight excluding hydrogens is 406 g/mol. The third-order valence-corrected chi connectivity index (χ3v) is 5.20. The van der Waals surface area contributed by atoms with Gasteiger partial charge in [-0.3, -0.25) is 4.79 Å². The van der Waals surface area contributed by atoms with Gasteiger partial charge in [0.05, 0.1) is 25.5 Å². The summed E-state index contributed by atoms with van der Waals surface area (Å²) in [5, 5.41) is 10.1. The second-order valence-electron chi connectivity index (χ2n) is 7.14. The van der Waals surface area contributed by atoms with Crippen molar-refractivity contribution in [3.63, 3.8) is 0 Å². The number of rotatable bonds is 7. The number of carboxylic acids is 1. The van der Waals surface area contributed by atoms with Crippen LogP contribution in [-0.4, -0.2) is 36.1 Å². The fourth-order valence-corrected chi connectivity index (χ4v) is 3.52. The summed E-state index contributed by atoms with van der Waals surface area (Å²) in [6, 6.07) is 19.5. The molecular formula is C26H21NO5. The van der Waals surface area contributed by atoms with Crippen molar-refractivity contribution in [1.82, 2.24) is 4.98 Å². The van der Waals surface area contributed by atoms with Crippen LogP contribution in [0.4, 0.5) is 0 Å². The quantitative estimate of drug-likeness (QED) is 0.303. The summed E-state index contributed by atoms with van der Waals surface area (Å²) in [7, 11) is 3.15. The summed E-state index contributed by atoms with van der Waals surface area (Å²) in [5.74, 6) is -0.0767. The molecule has 6 heteroatoms. The monoisotopic (exact) mass is 427 g/mol. The first-order valence-electron chi connectivity index (χ1n) is 9.90. The van der Waals surface area contributed by atoms with E-state index in [1.807, 2.05) is 36.4 Å². The molecule has 0 atom stereocenters. The average molecular weight is 427 g/mol. The number of carbonyl (C=O) groups is 2. The van der Waals surface area contributed by atoms with Crippen molar-refractivity contribution in [2.24, 2.45) is 0 Å². The molecule has 0 aliphatic carbocycles. The smallest absolute Gasteiger partial charge is 0.335 e. The standard InChI is InChI=1S/C26H21NO5/c1-31-24-15-25(32-2)20(22-14-18-5-3-4-6-21(18)27-22)13-19(24)11-12-23(28)16-7-9-17(10-8-16)26(29)30/h3-15,27H,1-2H3,(H,29,30). The molecule has 0 fully saturated rings. The highest BCUT2D eigenvalue weighted by Crippen LogP contribution is 2.37. The maximum absolute atomic E-state index is 12.6. The number of allylic oxidation sites excluding steroid dienone is 1. The highest BCUT2D eigenvalue weighted by Gasteiger charge is 2.14. The van der Waals surface area contributed by atoms with Gasteiger partial charge in [-0.2, -0.15) is 0 Å². The van der Waals surface area contributed by atoms with Crippen molar-refractivity contribution in [3.05, 3.63) is 89.5 Å². The Hall–Kier alpha value is -4.32. The summed E-state index contributed by atoms with van der Waals surface area (Å²) in [4.78, 5) is 27.0. The molecule has 0 aliphatic rings. The van der Waals surface area contributed by atoms with Crippen molar-refractivity contribution in [3.8, 4) is 22.8 Å². The molecule has 0 saturated heterocycles. The zero-order valence-electron chi connectivity index (χ0n) is 17.6. The number of aromatic carboxylic acids is 1. The molecule has 0 bridgehead atoms. The second-order valence-corrected chi connectivity index (χ2v) is 7.14. The normalized spacial score (nSPS) is 11.1. The molecule has 1 heterocycles. The minimum atomic E-state index is -1.04. The number of nitrogens with one attached hydrogen (secondary N) is 1. The first-order valence-corrected chi connectivity index (χ1v) is 9.90. The molecule has 0 saturated carbocycles. The van der Waals surface area contributed by atoms with Crippen molar-refractivity contribution in [2.45, 2.75) is 0 Å². The molecule has 1 aromatic heterocycles. The van der Waals surface area contributed by atoms with E-state index in [1.165, 1.54) is 30.3 Å². The van der Waals surface area contributed by atoms with E-state index in [4.69, 9.17) is 14.6 Å². The third kappa shape index (κ3) is 4.11. The maximum Gasteiger partial charge on any atom is 0.335 e. The zero-order valence-corrected chi connectivity index (χ0v) is 17.6. The third-order valence-electron chi connectivity index (χ3n) is 5.20. The van der Waals surface area contributed by atoms with Gasteiger partial charge in [0.1, 0.15) is 11.5 Å². The molecule has 0 amide bonds. The topological polar surface area (TPSA) is 88.6 Å². The minimum Gasteiger partial charge on any atom is -0.496 e. The lowest BCUT2D eigenvalue weighted by atomic mass is 10.0. The Kier molecular flexibility index (Phi) is 5.77. The number of ketones is 1. The fourth-order valence-electron chi connectivity index (χ4n) is 3.52. The Balaban J connectivity index is 1.70. The largest absolute Gasteiger partial charge is 0.496 e. The number of H-pyrrole nitrogens is 1. The number of carboxylic acid groups (broad SMARTS) is 1. The van der Waals surface area contributed by atoms with E-state index in [9.17, 15) is 9.59 Å². The Morgan fingerprint density at radius 1 is 0.875 bits per heavy atom. The van der Waals surface area contributed by atoms with Gasteiger partial charge in [-0.25, -0.2) is 4.79 Å². The van der Waals surface area contributed by atoms with Gasteiger partial charge in [0, 0.05) is 33.7 Å². The summed E-state index contributed by atoms with van der Waals surface area (Å²) < 4.78 is 11.1. The fraction of sp³-hybridized carbons (Fsp3) is 0.0769. The van der Waals surface area contributed by atoms with E-state index in [2.05, 4.69) is 4.98 Å². The van der Waals surface area contributed by atoms with Gasteiger partial charge in [0.2, 0.25) is 0 Å². The molecule has 4 rings (SSSR count). The van der Waals surface area contributed by atoms with Crippen LogP contribution in [0.15, 0.2) is 72.8 Å². The molecule has 0 spiro atoms. The summed E-state index contributed by atoms with van der Waals surface area (Å²) in [6.07, 6.45) is 3.12. The van der Waals surface area contributed by atoms with Crippen molar-refractivity contribution >= 4 is 28.7 Å². The Morgan fingerprint density at radius 2 is 1.56 bits per heavy atom. The van der Waals surface area contributed by atoms with Crippen LogP contribution in [0.1, 0.15) is 26.3 Å². The summed E-state index contributed by atoms with van der Waals surface area (Å²) >= 11 is 0. The van der Waals surface area contributed by atoms with E-state index in [0.29, 0.717) is 22.6 Å². The first kappa shape index (κ1) is 20.9. The Morgan fingerprint density at radius 3 is 2.22 bits per heavy atom. The van der Waals surface area contributed by atoms with Crippen LogP contribution in [0, 0.1) is 0 Å². The first-order chi connectivity index (χ1) is 15.5. The maximum atomic E-state index is 12.6. The van der Waals surface area contributed by atoms with Gasteiger partial charge in [0.15, 0.2) is 5.78 Å². The molecule has 2 N–H and O–H groups in total. The van der Waals surface area contributed by atoms with Crippen LogP contribution >= 0.6 is 0 Å². The van der Waals surface area contributed by atoms with Crippen LogP contribution in [0.5, 0.6) is 11.5 Å². The highest BCUT2D eigenvalue weighted by atomic mass is 16.5. The number of aromatic amines is 1. The van der Waals surface area contributed by atoms with Crippen LogP contribution in [0.25, 0.3) is 28.2 Å². The van der Waals surface area contributed by atoms with E-state index < -0.39 is 5.97 Å². The molecule has 0 unspecified atom stereocenters. The molecule has 0 radical (unpaired) electrons. The van der Waals surface area contributed by atoms with Crippen LogP contribution in [-0.2, 0) is 0 Å². The molecule has 0 aliphatic heterocycles. The number of hydrogen-bond acceptors (Lipinski definition) is 4. The number of methoxy groups -OCH3 is 2. The minimum absolute atomic E-state index is 0.130. The number of hydrogen-bond donors (Lipinski definition) is 2. The highest BCUT2D eigenvalue weighted by molar-refractivity contribution is 6.07. The van der Waals surface area contributed by atoms with Gasteiger partial charge >= 0.3 is 5.97 Å². The van der Waals surface area contributed by atoms with Crippen LogP contribution in [0.3, 0.4) is 0 Å². The van der Waals surface area contributed by atoms with Gasteiger partial charge in [-0.1, -0.05) is 30.3 Å². The summed E-state index contributed by atoms with van der Waals surface area (Å²) in [6.45, 7) is 0. The Labute approximate surface area is 184 Å². The van der Waals surface area contributed by atoms with E-state index in [1.54, 1.807) is 26.4 Å². The molecule has 3 aromatic carbocycles. The molecule has 32 heavy (non-hydrogen) atoms. The van der Waals surface area contributed by atoms with E-state index >= 15 is 0 Å². The predicted molar refractivity (Wildman–Crippen MR) is 124 cm³/mol. The van der Waals surface area contributed by atoms with Gasteiger partial charge < -0.3 is 19.6 Å². The lowest BCUT2D eigenvalue weighted by Crippen LogP contribution is -1.99. The number of aromatic nitrogens is 1. The number of para-hydroxylation sites is 1. The number of carbonyl (C=O) groups excluding carboxylic acids is 1. The molecule has 160 valence electrons. The second kappa shape index (κ2) is 8.81. The number of benzene rings is 3. The van der Waals surface area contributed by atoms with E-state index in [-0.39, 0.29) is 11.3 Å². The number of fused-ring (bicyclic) bond motifs is 1. The predicted octanol–water partition coefficient (Wildman–Crippen LogP) is 5.45. The van der Waals surface area contributed by atoms with Crippen LogP contribution in [0.2, 0.25) is 0 Å². The SMILES string of the molecule is COc1cc(OC)c(-c2cc3ccccc3[nH]2)cc1C=CC(=O)c1ccc(C(=O)O)cc1.